The Labute approximate surface area is 158 Å². The highest BCUT2D eigenvalue weighted by molar-refractivity contribution is 5.89. The number of para-hydroxylation sites is 2. The van der Waals surface area contributed by atoms with Crippen LogP contribution < -0.4 is 4.74 Å². The van der Waals surface area contributed by atoms with E-state index in [2.05, 4.69) is 4.98 Å². The van der Waals surface area contributed by atoms with Crippen molar-refractivity contribution in [3.8, 4) is 5.75 Å². The van der Waals surface area contributed by atoms with Crippen LogP contribution in [0, 0.1) is 6.92 Å². The summed E-state index contributed by atoms with van der Waals surface area (Å²) in [5.41, 5.74) is 2.38. The fourth-order valence-electron chi connectivity index (χ4n) is 2.85. The summed E-state index contributed by atoms with van der Waals surface area (Å²) >= 11 is 0. The Hall–Kier alpha value is -2.86. The number of aryl methyl sites for hydroxylation is 1. The maximum Gasteiger partial charge on any atom is 0.338 e. The van der Waals surface area contributed by atoms with Crippen molar-refractivity contribution in [3.05, 3.63) is 59.9 Å². The normalized spacial score (nSPS) is 12.1. The number of carbonyl (C=O) groups excluding carboxylic acids is 1. The Kier molecular flexibility index (Phi) is 6.08. The van der Waals surface area contributed by atoms with E-state index in [0.29, 0.717) is 24.5 Å². The molecule has 3 rings (SSSR count). The second kappa shape index (κ2) is 8.68. The van der Waals surface area contributed by atoms with E-state index in [0.717, 1.165) is 23.3 Å². The van der Waals surface area contributed by atoms with Crippen LogP contribution >= 0.6 is 0 Å². The smallest absolute Gasteiger partial charge is 0.338 e. The molecule has 6 nitrogen and oxygen atoms in total. The molecule has 0 amide bonds. The Morgan fingerprint density at radius 1 is 1.19 bits per heavy atom. The highest BCUT2D eigenvalue weighted by atomic mass is 16.5. The zero-order valence-corrected chi connectivity index (χ0v) is 15.6. The van der Waals surface area contributed by atoms with Crippen LogP contribution in [-0.2, 0) is 11.3 Å². The summed E-state index contributed by atoms with van der Waals surface area (Å²) in [4.78, 5) is 16.3. The molecule has 0 aliphatic rings. The van der Waals surface area contributed by atoms with E-state index >= 15 is 0 Å². The van der Waals surface area contributed by atoms with Crippen LogP contribution in [0.15, 0.2) is 48.5 Å². The number of nitrogens with zero attached hydrogens (tertiary/aromatic N) is 2. The molecule has 27 heavy (non-hydrogen) atoms. The Morgan fingerprint density at radius 3 is 2.67 bits per heavy atom. The van der Waals surface area contributed by atoms with Gasteiger partial charge in [-0.25, -0.2) is 9.78 Å². The van der Waals surface area contributed by atoms with E-state index in [1.54, 1.807) is 24.3 Å². The van der Waals surface area contributed by atoms with Gasteiger partial charge >= 0.3 is 5.97 Å². The quantitative estimate of drug-likeness (QED) is 0.617. The van der Waals surface area contributed by atoms with Crippen molar-refractivity contribution in [1.82, 2.24) is 9.55 Å². The number of benzene rings is 2. The van der Waals surface area contributed by atoms with E-state index in [1.807, 2.05) is 42.7 Å². The molecule has 0 unspecified atom stereocenters. The molecule has 0 saturated heterocycles. The van der Waals surface area contributed by atoms with Gasteiger partial charge in [0.05, 0.1) is 29.7 Å². The maximum absolute atomic E-state index is 11.8. The molecule has 0 bridgehead atoms. The lowest BCUT2D eigenvalue weighted by Gasteiger charge is -2.15. The summed E-state index contributed by atoms with van der Waals surface area (Å²) in [5, 5.41) is 10.4. The third kappa shape index (κ3) is 4.65. The molecule has 3 aromatic rings. The molecular weight excluding hydrogens is 344 g/mol. The highest BCUT2D eigenvalue weighted by Crippen LogP contribution is 2.17. The zero-order valence-electron chi connectivity index (χ0n) is 15.6. The number of hydrogen-bond acceptors (Lipinski definition) is 5. The molecule has 0 saturated carbocycles. The number of ether oxygens (including phenoxy) is 2. The van der Waals surface area contributed by atoms with Gasteiger partial charge in [-0.3, -0.25) is 0 Å². The van der Waals surface area contributed by atoms with Crippen molar-refractivity contribution in [2.75, 3.05) is 13.2 Å². The fourth-order valence-corrected chi connectivity index (χ4v) is 2.85. The molecule has 0 fully saturated rings. The van der Waals surface area contributed by atoms with Crippen LogP contribution in [0.3, 0.4) is 0 Å². The summed E-state index contributed by atoms with van der Waals surface area (Å²) in [6.45, 7) is 4.82. The molecule has 1 atom stereocenters. The standard InChI is InChI=1S/C21H24N2O4/c1-3-12-26-21(25)16-8-10-18(11-9-16)27-14-17(24)13-23-15(2)22-19-6-4-5-7-20(19)23/h4-11,17,24H,3,12-14H2,1-2H3/t17-/m0/s1. The van der Waals surface area contributed by atoms with Crippen LogP contribution in [0.1, 0.15) is 29.5 Å². The van der Waals surface area contributed by atoms with Crippen LogP contribution in [0.25, 0.3) is 11.0 Å². The Balaban J connectivity index is 1.56. The van der Waals surface area contributed by atoms with Gasteiger partial charge < -0.3 is 19.1 Å². The minimum Gasteiger partial charge on any atom is -0.491 e. The number of imidazole rings is 1. The third-order valence-electron chi connectivity index (χ3n) is 4.21. The fraction of sp³-hybridized carbons (Fsp3) is 0.333. The molecule has 2 aromatic carbocycles. The summed E-state index contributed by atoms with van der Waals surface area (Å²) in [5.74, 6) is 1.10. The molecule has 0 spiro atoms. The minimum absolute atomic E-state index is 0.144. The van der Waals surface area contributed by atoms with Crippen molar-refractivity contribution in [2.45, 2.75) is 32.9 Å². The Bertz CT molecular complexity index is 902. The molecular formula is C21H24N2O4. The second-order valence-corrected chi connectivity index (χ2v) is 6.38. The van der Waals surface area contributed by atoms with Crippen molar-refractivity contribution < 1.29 is 19.4 Å². The lowest BCUT2D eigenvalue weighted by Crippen LogP contribution is -2.24. The van der Waals surface area contributed by atoms with Gasteiger partial charge in [-0.15, -0.1) is 0 Å². The van der Waals surface area contributed by atoms with Crippen molar-refractivity contribution in [2.24, 2.45) is 0 Å². The second-order valence-electron chi connectivity index (χ2n) is 6.38. The molecule has 0 aliphatic heterocycles. The van der Waals surface area contributed by atoms with Gasteiger partial charge in [0.15, 0.2) is 0 Å². The lowest BCUT2D eigenvalue weighted by molar-refractivity contribution is 0.0505. The monoisotopic (exact) mass is 368 g/mol. The van der Waals surface area contributed by atoms with Gasteiger partial charge in [-0.2, -0.15) is 0 Å². The highest BCUT2D eigenvalue weighted by Gasteiger charge is 2.13. The largest absolute Gasteiger partial charge is 0.491 e. The van der Waals surface area contributed by atoms with Gasteiger partial charge in [0.2, 0.25) is 0 Å². The van der Waals surface area contributed by atoms with Crippen molar-refractivity contribution >= 4 is 17.0 Å². The molecule has 1 heterocycles. The van der Waals surface area contributed by atoms with E-state index < -0.39 is 6.10 Å². The average molecular weight is 368 g/mol. The van der Waals surface area contributed by atoms with Crippen LogP contribution in [-0.4, -0.2) is 39.9 Å². The predicted molar refractivity (Wildman–Crippen MR) is 103 cm³/mol. The number of carbonyl (C=O) groups is 1. The van der Waals surface area contributed by atoms with E-state index in [-0.39, 0.29) is 12.6 Å². The third-order valence-corrected chi connectivity index (χ3v) is 4.21. The molecule has 0 aliphatic carbocycles. The van der Waals surface area contributed by atoms with Gasteiger partial charge in [0.1, 0.15) is 24.3 Å². The predicted octanol–water partition coefficient (Wildman–Crippen LogP) is 3.35. The summed E-state index contributed by atoms with van der Waals surface area (Å²) < 4.78 is 12.7. The molecule has 0 radical (unpaired) electrons. The van der Waals surface area contributed by atoms with Gasteiger partial charge in [0.25, 0.3) is 0 Å². The zero-order chi connectivity index (χ0) is 19.2. The number of aliphatic hydroxyl groups excluding tert-OH is 1. The molecule has 6 heteroatoms. The van der Waals surface area contributed by atoms with Crippen LogP contribution in [0.2, 0.25) is 0 Å². The molecule has 1 N–H and O–H groups in total. The summed E-state index contributed by atoms with van der Waals surface area (Å²) in [6.07, 6.45) is 0.103. The van der Waals surface area contributed by atoms with Crippen molar-refractivity contribution in [1.29, 1.82) is 0 Å². The Morgan fingerprint density at radius 2 is 1.93 bits per heavy atom. The first-order valence-electron chi connectivity index (χ1n) is 9.08. The van der Waals surface area contributed by atoms with E-state index in [4.69, 9.17) is 9.47 Å². The first-order valence-corrected chi connectivity index (χ1v) is 9.08. The van der Waals surface area contributed by atoms with Crippen LogP contribution in [0.4, 0.5) is 0 Å². The van der Waals surface area contributed by atoms with Gasteiger partial charge in [-0.1, -0.05) is 19.1 Å². The summed E-state index contributed by atoms with van der Waals surface area (Å²) in [7, 11) is 0. The first-order chi connectivity index (χ1) is 13.1. The lowest BCUT2D eigenvalue weighted by atomic mass is 10.2. The number of esters is 1. The molecule has 1 aromatic heterocycles. The topological polar surface area (TPSA) is 73.6 Å². The number of fused-ring (bicyclic) bond motifs is 1. The molecule has 142 valence electrons. The number of hydrogen-bond donors (Lipinski definition) is 1. The average Bonchev–Trinajstić information content (AvgIpc) is 3.00. The SMILES string of the molecule is CCCOC(=O)c1ccc(OC[C@@H](O)Cn2c(C)nc3ccccc32)cc1. The number of aliphatic hydroxyl groups is 1. The maximum atomic E-state index is 11.8. The van der Waals surface area contributed by atoms with Gasteiger partial charge in [-0.05, 0) is 49.7 Å². The minimum atomic E-state index is -0.685. The van der Waals surface area contributed by atoms with Gasteiger partial charge in [0, 0.05) is 0 Å². The summed E-state index contributed by atoms with van der Waals surface area (Å²) in [6, 6.07) is 14.6. The number of rotatable bonds is 8. The van der Waals surface area contributed by atoms with E-state index in [9.17, 15) is 9.90 Å². The first kappa shape index (κ1) is 18.9. The van der Waals surface area contributed by atoms with Crippen molar-refractivity contribution in [3.63, 3.8) is 0 Å². The van der Waals surface area contributed by atoms with E-state index in [1.165, 1.54) is 0 Å². The van der Waals surface area contributed by atoms with Crippen LogP contribution in [0.5, 0.6) is 5.75 Å². The number of aromatic nitrogens is 2.